The molecule has 1 aromatic carbocycles. The minimum absolute atomic E-state index is 0.303. The van der Waals surface area contributed by atoms with E-state index in [0.717, 1.165) is 22.2 Å². The van der Waals surface area contributed by atoms with Gasteiger partial charge in [-0.1, -0.05) is 29.8 Å². The Balaban J connectivity index is 2.35. The molecule has 0 radical (unpaired) electrons. The Morgan fingerprint density at radius 3 is 2.57 bits per heavy atom. The van der Waals surface area contributed by atoms with E-state index in [0.29, 0.717) is 18.8 Å². The van der Waals surface area contributed by atoms with E-state index in [1.54, 1.807) is 6.20 Å². The molecule has 0 bridgehead atoms. The van der Waals surface area contributed by atoms with Crippen molar-refractivity contribution in [1.29, 1.82) is 0 Å². The molecule has 3 aromatic rings. The van der Waals surface area contributed by atoms with E-state index in [1.807, 2.05) is 61.7 Å². The molecule has 4 heteroatoms. The van der Waals surface area contributed by atoms with Crippen LogP contribution >= 0.6 is 0 Å². The maximum Gasteiger partial charge on any atom is 0.355 e. The van der Waals surface area contributed by atoms with Crippen molar-refractivity contribution in [3.05, 3.63) is 53.9 Å². The number of hydrogen-bond acceptors (Lipinski definition) is 3. The predicted octanol–water partition coefficient (Wildman–Crippen LogP) is 4.21. The van der Waals surface area contributed by atoms with Crippen molar-refractivity contribution in [1.82, 2.24) is 9.55 Å². The topological polar surface area (TPSA) is 44.1 Å². The molecule has 0 aliphatic rings. The van der Waals surface area contributed by atoms with E-state index in [-0.39, 0.29) is 5.97 Å². The van der Waals surface area contributed by atoms with Crippen molar-refractivity contribution in [2.75, 3.05) is 6.61 Å². The molecule has 0 atom stereocenters. The lowest BCUT2D eigenvalue weighted by atomic mass is 10.0. The third-order valence-corrected chi connectivity index (χ3v) is 3.95. The van der Waals surface area contributed by atoms with Gasteiger partial charge < -0.3 is 9.30 Å². The Bertz CT molecular complexity index is 848. The van der Waals surface area contributed by atoms with Gasteiger partial charge in [0.05, 0.1) is 17.6 Å². The summed E-state index contributed by atoms with van der Waals surface area (Å²) in [6.45, 7) is 6.92. The summed E-state index contributed by atoms with van der Waals surface area (Å²) in [6.07, 6.45) is 1.76. The third kappa shape index (κ3) is 2.61. The lowest BCUT2D eigenvalue weighted by molar-refractivity contribution is 0.0515. The van der Waals surface area contributed by atoms with E-state index in [9.17, 15) is 4.79 Å². The van der Waals surface area contributed by atoms with Crippen LogP contribution in [-0.2, 0) is 11.3 Å². The van der Waals surface area contributed by atoms with Crippen molar-refractivity contribution < 1.29 is 9.53 Å². The number of aromatic nitrogens is 2. The summed E-state index contributed by atoms with van der Waals surface area (Å²) in [7, 11) is 0. The van der Waals surface area contributed by atoms with Gasteiger partial charge in [0.1, 0.15) is 5.69 Å². The Morgan fingerprint density at radius 1 is 1.17 bits per heavy atom. The molecule has 0 amide bonds. The Hall–Kier alpha value is -2.62. The second-order valence-corrected chi connectivity index (χ2v) is 5.43. The quantitative estimate of drug-likeness (QED) is 0.678. The number of nitrogens with zero attached hydrogens (tertiary/aromatic N) is 2. The maximum absolute atomic E-state index is 12.6. The van der Waals surface area contributed by atoms with Crippen LogP contribution in [0.2, 0.25) is 0 Å². The van der Waals surface area contributed by atoms with Crippen LogP contribution in [0, 0.1) is 6.92 Å². The van der Waals surface area contributed by atoms with E-state index in [4.69, 9.17) is 4.74 Å². The van der Waals surface area contributed by atoms with E-state index in [1.165, 1.54) is 5.56 Å². The lowest BCUT2D eigenvalue weighted by Gasteiger charge is -2.09. The van der Waals surface area contributed by atoms with Crippen LogP contribution < -0.4 is 0 Å². The number of aryl methyl sites for hydroxylation is 2. The summed E-state index contributed by atoms with van der Waals surface area (Å²) >= 11 is 0. The number of hydrogen-bond donors (Lipinski definition) is 0. The highest BCUT2D eigenvalue weighted by molar-refractivity contribution is 6.07. The molecule has 3 rings (SSSR count). The van der Waals surface area contributed by atoms with Crippen molar-refractivity contribution >= 4 is 17.0 Å². The normalized spacial score (nSPS) is 10.9. The number of carbonyl (C=O) groups is 1. The first kappa shape index (κ1) is 15.3. The van der Waals surface area contributed by atoms with Crippen LogP contribution in [0.3, 0.4) is 0 Å². The largest absolute Gasteiger partial charge is 0.461 e. The molecule has 0 fully saturated rings. The number of esters is 1. The Labute approximate surface area is 135 Å². The number of benzene rings is 1. The highest BCUT2D eigenvalue weighted by Crippen LogP contribution is 2.34. The number of ether oxygens (including phenoxy) is 1. The Morgan fingerprint density at radius 2 is 1.91 bits per heavy atom. The van der Waals surface area contributed by atoms with Gasteiger partial charge in [0, 0.05) is 18.3 Å². The third-order valence-electron chi connectivity index (χ3n) is 3.95. The van der Waals surface area contributed by atoms with Crippen LogP contribution in [0.4, 0.5) is 0 Å². The smallest absolute Gasteiger partial charge is 0.355 e. The molecular weight excluding hydrogens is 288 g/mol. The lowest BCUT2D eigenvalue weighted by Crippen LogP contribution is -2.12. The first-order valence-corrected chi connectivity index (χ1v) is 7.88. The number of pyridine rings is 1. The molecule has 2 aromatic heterocycles. The molecule has 0 aliphatic carbocycles. The fourth-order valence-electron chi connectivity index (χ4n) is 2.91. The number of fused-ring (bicyclic) bond motifs is 1. The molecule has 0 saturated carbocycles. The fraction of sp³-hybridized carbons (Fsp3) is 0.263. The highest BCUT2D eigenvalue weighted by Gasteiger charge is 2.24. The average Bonchev–Trinajstić information content (AvgIpc) is 2.90. The summed E-state index contributed by atoms with van der Waals surface area (Å²) < 4.78 is 7.28. The fourth-order valence-corrected chi connectivity index (χ4v) is 2.91. The van der Waals surface area contributed by atoms with Gasteiger partial charge in [0.15, 0.2) is 0 Å². The minimum atomic E-state index is -0.303. The molecule has 4 nitrogen and oxygen atoms in total. The van der Waals surface area contributed by atoms with Gasteiger partial charge in [-0.05, 0) is 38.5 Å². The molecule has 2 heterocycles. The van der Waals surface area contributed by atoms with Crippen molar-refractivity contribution in [3.63, 3.8) is 0 Å². The summed E-state index contributed by atoms with van der Waals surface area (Å²) in [4.78, 5) is 17.1. The van der Waals surface area contributed by atoms with Gasteiger partial charge in [0.25, 0.3) is 0 Å². The van der Waals surface area contributed by atoms with Gasteiger partial charge in [-0.15, -0.1) is 0 Å². The molecule has 0 saturated heterocycles. The van der Waals surface area contributed by atoms with Crippen LogP contribution in [0.15, 0.2) is 42.6 Å². The standard InChI is InChI=1S/C19H20N2O2/c1-4-21-15-7-6-12-20-17(15)16(18(21)19(22)23-5-2)14-10-8-13(3)9-11-14/h6-12H,4-5H2,1-3H3. The van der Waals surface area contributed by atoms with Crippen LogP contribution in [0.25, 0.3) is 22.2 Å². The van der Waals surface area contributed by atoms with Crippen LogP contribution in [-0.4, -0.2) is 22.1 Å². The van der Waals surface area contributed by atoms with Crippen molar-refractivity contribution in [2.45, 2.75) is 27.3 Å². The summed E-state index contributed by atoms with van der Waals surface area (Å²) in [5, 5.41) is 0. The molecule has 0 spiro atoms. The first-order chi connectivity index (χ1) is 11.2. The number of carbonyl (C=O) groups excluding carboxylic acids is 1. The van der Waals surface area contributed by atoms with Gasteiger partial charge >= 0.3 is 5.97 Å². The minimum Gasteiger partial charge on any atom is -0.461 e. The first-order valence-electron chi connectivity index (χ1n) is 7.88. The molecule has 0 N–H and O–H groups in total. The molecule has 0 unspecified atom stereocenters. The van der Waals surface area contributed by atoms with E-state index < -0.39 is 0 Å². The van der Waals surface area contributed by atoms with Gasteiger partial charge in [-0.3, -0.25) is 4.98 Å². The molecule has 23 heavy (non-hydrogen) atoms. The second kappa shape index (κ2) is 6.24. The van der Waals surface area contributed by atoms with Crippen LogP contribution in [0.5, 0.6) is 0 Å². The summed E-state index contributed by atoms with van der Waals surface area (Å²) in [6, 6.07) is 12.0. The maximum atomic E-state index is 12.6. The SMILES string of the molecule is CCOC(=O)c1c(-c2ccc(C)cc2)c2ncccc2n1CC. The molecule has 118 valence electrons. The second-order valence-electron chi connectivity index (χ2n) is 5.43. The average molecular weight is 308 g/mol. The predicted molar refractivity (Wildman–Crippen MR) is 91.5 cm³/mol. The Kier molecular flexibility index (Phi) is 4.15. The van der Waals surface area contributed by atoms with Crippen molar-refractivity contribution in [2.24, 2.45) is 0 Å². The van der Waals surface area contributed by atoms with E-state index >= 15 is 0 Å². The van der Waals surface area contributed by atoms with Gasteiger partial charge in [-0.25, -0.2) is 4.79 Å². The number of rotatable bonds is 4. The zero-order chi connectivity index (χ0) is 16.4. The molecular formula is C19H20N2O2. The highest BCUT2D eigenvalue weighted by atomic mass is 16.5. The zero-order valence-electron chi connectivity index (χ0n) is 13.7. The summed E-state index contributed by atoms with van der Waals surface area (Å²) in [5.74, 6) is -0.303. The van der Waals surface area contributed by atoms with Gasteiger partial charge in [0.2, 0.25) is 0 Å². The summed E-state index contributed by atoms with van der Waals surface area (Å²) in [5.41, 5.74) is 5.37. The zero-order valence-corrected chi connectivity index (χ0v) is 13.7. The van der Waals surface area contributed by atoms with Crippen molar-refractivity contribution in [3.8, 4) is 11.1 Å². The van der Waals surface area contributed by atoms with Gasteiger partial charge in [-0.2, -0.15) is 0 Å². The monoisotopic (exact) mass is 308 g/mol. The molecule has 0 aliphatic heterocycles. The van der Waals surface area contributed by atoms with Crippen LogP contribution in [0.1, 0.15) is 29.9 Å². The van der Waals surface area contributed by atoms with E-state index in [2.05, 4.69) is 4.98 Å².